The van der Waals surface area contributed by atoms with Gasteiger partial charge in [0.05, 0.1) is 0 Å². The summed E-state index contributed by atoms with van der Waals surface area (Å²) in [5.74, 6) is -0.748. The smallest absolute Gasteiger partial charge is 0.323 e. The summed E-state index contributed by atoms with van der Waals surface area (Å²) >= 11 is 0. The number of nitrogens with two attached hydrogens (primary N) is 1. The molecule has 4 nitrogen and oxygen atoms in total. The number of halogens is 1. The number of benzene rings is 1. The van der Waals surface area contributed by atoms with E-state index in [1.54, 1.807) is 26.0 Å². The summed E-state index contributed by atoms with van der Waals surface area (Å²) in [6.07, 6.45) is -0.449. The van der Waals surface area contributed by atoms with E-state index in [-0.39, 0.29) is 18.3 Å². The Bertz CT molecular complexity index is 462. The molecule has 0 amide bonds. The molecule has 0 fully saturated rings. The van der Waals surface area contributed by atoms with Gasteiger partial charge in [-0.15, -0.1) is 0 Å². The van der Waals surface area contributed by atoms with E-state index in [1.807, 2.05) is 13.8 Å². The second-order valence-corrected chi connectivity index (χ2v) is 5.26. The molecule has 0 aromatic heterocycles. The Morgan fingerprint density at radius 1 is 1.35 bits per heavy atom. The highest BCUT2D eigenvalue weighted by Gasteiger charge is 2.20. The highest BCUT2D eigenvalue weighted by atomic mass is 19.1. The van der Waals surface area contributed by atoms with Crippen molar-refractivity contribution in [3.8, 4) is 5.75 Å². The molecule has 2 atom stereocenters. The number of hydrogen-bond donors (Lipinski definition) is 1. The quantitative estimate of drug-likeness (QED) is 0.814. The van der Waals surface area contributed by atoms with Crippen LogP contribution in [0.2, 0.25) is 0 Å². The number of rotatable bonds is 6. The standard InChI is InChI=1S/C15H22FNO3/c1-9(2)14(17)15(18)19-8-11(4)20-13-6-5-10(3)7-12(13)16/h5-7,9,11,14H,8,17H2,1-4H3. The maximum Gasteiger partial charge on any atom is 0.323 e. The lowest BCUT2D eigenvalue weighted by atomic mass is 10.1. The molecule has 1 aromatic rings. The zero-order valence-electron chi connectivity index (χ0n) is 12.4. The fourth-order valence-electron chi connectivity index (χ4n) is 1.52. The minimum atomic E-state index is -0.654. The summed E-state index contributed by atoms with van der Waals surface area (Å²) in [5, 5.41) is 0. The van der Waals surface area contributed by atoms with Crippen molar-refractivity contribution in [2.24, 2.45) is 11.7 Å². The van der Waals surface area contributed by atoms with E-state index in [2.05, 4.69) is 0 Å². The van der Waals surface area contributed by atoms with Gasteiger partial charge in [0.15, 0.2) is 11.6 Å². The van der Waals surface area contributed by atoms with Crippen molar-refractivity contribution in [3.63, 3.8) is 0 Å². The van der Waals surface area contributed by atoms with Gasteiger partial charge in [0.1, 0.15) is 18.8 Å². The number of aryl methyl sites for hydroxylation is 1. The Balaban J connectivity index is 2.48. The van der Waals surface area contributed by atoms with Crippen LogP contribution in [0.1, 0.15) is 26.3 Å². The Kier molecular flexibility index (Phi) is 5.95. The largest absolute Gasteiger partial charge is 0.484 e. The van der Waals surface area contributed by atoms with Crippen LogP contribution in [-0.2, 0) is 9.53 Å². The van der Waals surface area contributed by atoms with Crippen LogP contribution in [0.4, 0.5) is 4.39 Å². The van der Waals surface area contributed by atoms with Crippen LogP contribution >= 0.6 is 0 Å². The lowest BCUT2D eigenvalue weighted by Gasteiger charge is -2.18. The molecule has 1 aromatic carbocycles. The third kappa shape index (κ3) is 4.81. The molecule has 5 heteroatoms. The third-order valence-electron chi connectivity index (χ3n) is 2.87. The van der Waals surface area contributed by atoms with Crippen LogP contribution in [0.25, 0.3) is 0 Å². The van der Waals surface area contributed by atoms with Gasteiger partial charge in [-0.3, -0.25) is 4.79 Å². The molecular weight excluding hydrogens is 261 g/mol. The minimum Gasteiger partial charge on any atom is -0.484 e. The van der Waals surface area contributed by atoms with Crippen LogP contribution in [0.15, 0.2) is 18.2 Å². The lowest BCUT2D eigenvalue weighted by molar-refractivity contribution is -0.148. The van der Waals surface area contributed by atoms with E-state index in [9.17, 15) is 9.18 Å². The summed E-state index contributed by atoms with van der Waals surface area (Å²) in [6.45, 7) is 7.21. The van der Waals surface area contributed by atoms with E-state index >= 15 is 0 Å². The molecule has 0 saturated carbocycles. The van der Waals surface area contributed by atoms with Crippen molar-refractivity contribution in [3.05, 3.63) is 29.6 Å². The van der Waals surface area contributed by atoms with E-state index in [0.717, 1.165) is 5.56 Å². The van der Waals surface area contributed by atoms with Crippen LogP contribution in [-0.4, -0.2) is 24.7 Å². The average molecular weight is 283 g/mol. The molecule has 2 unspecified atom stereocenters. The Morgan fingerprint density at radius 2 is 2.00 bits per heavy atom. The van der Waals surface area contributed by atoms with Crippen molar-refractivity contribution in [2.75, 3.05) is 6.61 Å². The minimum absolute atomic E-state index is 0.00766. The van der Waals surface area contributed by atoms with Gasteiger partial charge >= 0.3 is 5.97 Å². The zero-order valence-corrected chi connectivity index (χ0v) is 12.4. The average Bonchev–Trinajstić information content (AvgIpc) is 2.38. The second kappa shape index (κ2) is 7.24. The van der Waals surface area contributed by atoms with E-state index in [1.165, 1.54) is 6.07 Å². The molecular formula is C15H22FNO3. The van der Waals surface area contributed by atoms with Crippen LogP contribution in [0.3, 0.4) is 0 Å². The molecule has 112 valence electrons. The topological polar surface area (TPSA) is 61.5 Å². The van der Waals surface area contributed by atoms with Crippen LogP contribution in [0.5, 0.6) is 5.75 Å². The molecule has 0 radical (unpaired) electrons. The van der Waals surface area contributed by atoms with Gasteiger partial charge in [0.2, 0.25) is 0 Å². The number of ether oxygens (including phenoxy) is 2. The van der Waals surface area contributed by atoms with Crippen LogP contribution < -0.4 is 10.5 Å². The summed E-state index contributed by atoms with van der Waals surface area (Å²) in [4.78, 5) is 11.6. The summed E-state index contributed by atoms with van der Waals surface area (Å²) in [6, 6.07) is 4.05. The van der Waals surface area contributed by atoms with Gasteiger partial charge in [-0.2, -0.15) is 0 Å². The first-order valence-electron chi connectivity index (χ1n) is 6.66. The SMILES string of the molecule is Cc1ccc(OC(C)COC(=O)C(N)C(C)C)c(F)c1. The zero-order chi connectivity index (χ0) is 15.3. The Morgan fingerprint density at radius 3 is 2.55 bits per heavy atom. The molecule has 0 spiro atoms. The first-order valence-corrected chi connectivity index (χ1v) is 6.66. The molecule has 0 bridgehead atoms. The number of carbonyl (C=O) groups excluding carboxylic acids is 1. The fraction of sp³-hybridized carbons (Fsp3) is 0.533. The van der Waals surface area contributed by atoms with Crippen molar-refractivity contribution in [1.29, 1.82) is 0 Å². The first kappa shape index (κ1) is 16.4. The van der Waals surface area contributed by atoms with Gasteiger partial charge in [0.25, 0.3) is 0 Å². The highest BCUT2D eigenvalue weighted by Crippen LogP contribution is 2.19. The maximum atomic E-state index is 13.6. The summed E-state index contributed by atoms with van der Waals surface area (Å²) in [5.41, 5.74) is 6.48. The van der Waals surface area contributed by atoms with Gasteiger partial charge in [-0.05, 0) is 37.5 Å². The number of hydrogen-bond acceptors (Lipinski definition) is 4. The van der Waals surface area contributed by atoms with E-state index in [0.29, 0.717) is 0 Å². The second-order valence-electron chi connectivity index (χ2n) is 5.26. The third-order valence-corrected chi connectivity index (χ3v) is 2.87. The molecule has 0 saturated heterocycles. The van der Waals surface area contributed by atoms with Gasteiger partial charge in [-0.25, -0.2) is 4.39 Å². The predicted octanol–water partition coefficient (Wildman–Crippen LogP) is 2.43. The maximum absolute atomic E-state index is 13.6. The molecule has 2 N–H and O–H groups in total. The molecule has 0 heterocycles. The predicted molar refractivity (Wildman–Crippen MR) is 75.0 cm³/mol. The number of carbonyl (C=O) groups is 1. The normalized spacial score (nSPS) is 13.9. The van der Waals surface area contributed by atoms with Gasteiger partial charge in [0, 0.05) is 0 Å². The van der Waals surface area contributed by atoms with Crippen molar-refractivity contribution in [2.45, 2.75) is 39.8 Å². The monoisotopic (exact) mass is 283 g/mol. The van der Waals surface area contributed by atoms with E-state index in [4.69, 9.17) is 15.2 Å². The lowest BCUT2D eigenvalue weighted by Crippen LogP contribution is -2.38. The summed E-state index contributed by atoms with van der Waals surface area (Å²) < 4.78 is 24.0. The number of esters is 1. The fourth-order valence-corrected chi connectivity index (χ4v) is 1.52. The van der Waals surface area contributed by atoms with Crippen LogP contribution in [0, 0.1) is 18.7 Å². The van der Waals surface area contributed by atoms with Gasteiger partial charge in [-0.1, -0.05) is 19.9 Å². The Hall–Kier alpha value is -1.62. The molecule has 0 aliphatic heterocycles. The van der Waals surface area contributed by atoms with Crippen molar-refractivity contribution < 1.29 is 18.7 Å². The summed E-state index contributed by atoms with van der Waals surface area (Å²) in [7, 11) is 0. The van der Waals surface area contributed by atoms with Crippen molar-refractivity contribution in [1.82, 2.24) is 0 Å². The molecule has 20 heavy (non-hydrogen) atoms. The Labute approximate surface area is 119 Å². The van der Waals surface area contributed by atoms with E-state index < -0.39 is 23.9 Å². The molecule has 0 aliphatic rings. The van der Waals surface area contributed by atoms with Gasteiger partial charge < -0.3 is 15.2 Å². The van der Waals surface area contributed by atoms with Crippen molar-refractivity contribution >= 4 is 5.97 Å². The molecule has 0 aliphatic carbocycles. The molecule has 1 rings (SSSR count). The first-order chi connectivity index (χ1) is 9.31. The highest BCUT2D eigenvalue weighted by molar-refractivity contribution is 5.75.